The first-order chi connectivity index (χ1) is 14.5. The van der Waals surface area contributed by atoms with Crippen LogP contribution in [0.15, 0.2) is 0 Å². The molecule has 0 aromatic heterocycles. The molecule has 4 saturated carbocycles. The predicted octanol–water partition coefficient (Wildman–Crippen LogP) is 3.80. The molecular formula is C25H43N3O2. The quantitative estimate of drug-likeness (QED) is 0.713. The third kappa shape index (κ3) is 3.30. The van der Waals surface area contributed by atoms with Gasteiger partial charge < -0.3 is 4.74 Å². The molecule has 4 aliphatic carbocycles. The number of carbonyl (C=O) groups excluding carboxylic acids is 1. The maximum Gasteiger partial charge on any atom is 0.151 e. The first-order valence-electron chi connectivity index (χ1n) is 12.7. The highest BCUT2D eigenvalue weighted by Gasteiger charge is 2.62. The van der Waals surface area contributed by atoms with E-state index < -0.39 is 0 Å². The fraction of sp³-hybridized carbons (Fsp3) is 0.960. The zero-order chi connectivity index (χ0) is 20.9. The first-order valence-corrected chi connectivity index (χ1v) is 12.7. The summed E-state index contributed by atoms with van der Waals surface area (Å²) in [6, 6.07) is 0. The Balaban J connectivity index is 1.35. The Morgan fingerprint density at radius 1 is 1.10 bits per heavy atom. The van der Waals surface area contributed by atoms with Gasteiger partial charge in [-0.3, -0.25) is 4.79 Å². The Hall–Kier alpha value is -0.490. The minimum Gasteiger partial charge on any atom is -0.384 e. The van der Waals surface area contributed by atoms with Gasteiger partial charge >= 0.3 is 0 Å². The van der Waals surface area contributed by atoms with Crippen LogP contribution in [0.5, 0.6) is 0 Å². The Morgan fingerprint density at radius 3 is 2.73 bits per heavy atom. The van der Waals surface area contributed by atoms with Gasteiger partial charge in [0.25, 0.3) is 0 Å². The number of fused-ring (bicyclic) bond motifs is 5. The summed E-state index contributed by atoms with van der Waals surface area (Å²) in [7, 11) is 1.92. The summed E-state index contributed by atoms with van der Waals surface area (Å²) in [5.41, 5.74) is 6.90. The number of hydrazine groups is 2. The van der Waals surface area contributed by atoms with E-state index in [-0.39, 0.29) is 11.3 Å². The maximum atomic E-state index is 13.3. The molecule has 0 aromatic rings. The molecular weight excluding hydrogens is 374 g/mol. The zero-order valence-corrected chi connectivity index (χ0v) is 19.4. The Bertz CT molecular complexity index is 650. The van der Waals surface area contributed by atoms with Gasteiger partial charge in [0.1, 0.15) is 0 Å². The van der Waals surface area contributed by atoms with Gasteiger partial charge in [0.05, 0.1) is 13.2 Å². The van der Waals surface area contributed by atoms with E-state index in [1.165, 1.54) is 51.4 Å². The van der Waals surface area contributed by atoms with Crippen LogP contribution in [0.1, 0.15) is 71.6 Å². The fourth-order valence-electron chi connectivity index (χ4n) is 9.17. The van der Waals surface area contributed by atoms with Crippen molar-refractivity contribution in [1.29, 1.82) is 0 Å². The molecule has 0 bridgehead atoms. The normalized spacial score (nSPS) is 48.8. The summed E-state index contributed by atoms with van der Waals surface area (Å²) >= 11 is 0. The number of nitrogens with zero attached hydrogens (tertiary/aromatic N) is 1. The van der Waals surface area contributed by atoms with Gasteiger partial charge in [0, 0.05) is 26.1 Å². The monoisotopic (exact) mass is 417 g/mol. The molecule has 1 saturated heterocycles. The van der Waals surface area contributed by atoms with E-state index in [1.54, 1.807) is 0 Å². The molecule has 170 valence electrons. The highest BCUT2D eigenvalue weighted by atomic mass is 16.5. The number of ketones is 1. The van der Waals surface area contributed by atoms with Crippen LogP contribution in [0, 0.1) is 46.3 Å². The van der Waals surface area contributed by atoms with Crippen molar-refractivity contribution in [3.8, 4) is 0 Å². The molecule has 5 nitrogen and oxygen atoms in total. The van der Waals surface area contributed by atoms with Crippen LogP contribution in [0.25, 0.3) is 0 Å². The highest BCUT2D eigenvalue weighted by molar-refractivity contribution is 5.84. The smallest absolute Gasteiger partial charge is 0.151 e. The molecule has 5 fully saturated rings. The molecule has 5 aliphatic rings. The fourth-order valence-corrected chi connectivity index (χ4v) is 9.17. The zero-order valence-electron chi connectivity index (χ0n) is 19.4. The van der Waals surface area contributed by atoms with E-state index in [1.807, 2.05) is 7.11 Å². The average Bonchev–Trinajstić information content (AvgIpc) is 3.35. The minimum absolute atomic E-state index is 0.217. The lowest BCUT2D eigenvalue weighted by atomic mass is 9.44. The molecule has 2 N–H and O–H groups in total. The summed E-state index contributed by atoms with van der Waals surface area (Å²) in [6.45, 7) is 8.30. The van der Waals surface area contributed by atoms with E-state index in [9.17, 15) is 4.79 Å². The molecule has 0 aromatic carbocycles. The Morgan fingerprint density at radius 2 is 1.97 bits per heavy atom. The molecule has 5 heteroatoms. The van der Waals surface area contributed by atoms with Gasteiger partial charge in [-0.25, -0.2) is 10.4 Å². The number of rotatable bonds is 5. The van der Waals surface area contributed by atoms with Crippen LogP contribution >= 0.6 is 0 Å². The standard InChI is InChI=1S/C25H43N3O2/c1-17-8-11-25(16-30-3)18(14-17)4-5-19-20-6-7-22(24(20,2)10-9-21(19)25)23(29)15-28-13-12-26-27-28/h17-22,26-27H,4-16H2,1-3H3/t17-,18-,19-,20-,21?,22+,24-,25+/m0/s1. The number of methoxy groups -OCH3 is 1. The van der Waals surface area contributed by atoms with Crippen molar-refractivity contribution < 1.29 is 9.53 Å². The van der Waals surface area contributed by atoms with Crippen molar-refractivity contribution in [1.82, 2.24) is 16.0 Å². The summed E-state index contributed by atoms with van der Waals surface area (Å²) in [4.78, 5) is 13.3. The van der Waals surface area contributed by atoms with E-state index in [4.69, 9.17) is 4.74 Å². The topological polar surface area (TPSA) is 53.6 Å². The summed E-state index contributed by atoms with van der Waals surface area (Å²) in [6.07, 6.45) is 11.9. The average molecular weight is 418 g/mol. The van der Waals surface area contributed by atoms with E-state index in [0.29, 0.717) is 17.7 Å². The van der Waals surface area contributed by atoms with Crippen LogP contribution in [0.3, 0.4) is 0 Å². The Labute approximate surface area is 183 Å². The molecule has 0 spiro atoms. The molecule has 5 rings (SSSR count). The second kappa shape index (κ2) is 8.13. The molecule has 1 aliphatic heterocycles. The largest absolute Gasteiger partial charge is 0.384 e. The lowest BCUT2D eigenvalue weighted by Gasteiger charge is -2.62. The number of Topliss-reactive ketones (excluding diaryl/α,β-unsaturated/α-hetero) is 1. The number of ether oxygens (including phenoxy) is 1. The van der Waals surface area contributed by atoms with Crippen molar-refractivity contribution in [3.05, 3.63) is 0 Å². The minimum atomic E-state index is 0.217. The van der Waals surface area contributed by atoms with Gasteiger partial charge in [0.2, 0.25) is 0 Å². The third-order valence-electron chi connectivity index (χ3n) is 10.5. The third-order valence-corrected chi connectivity index (χ3v) is 10.5. The second-order valence-electron chi connectivity index (χ2n) is 11.8. The second-order valence-corrected chi connectivity index (χ2v) is 11.8. The van der Waals surface area contributed by atoms with Crippen molar-refractivity contribution in [2.24, 2.45) is 46.3 Å². The lowest BCUT2D eigenvalue weighted by molar-refractivity contribution is -0.154. The van der Waals surface area contributed by atoms with Gasteiger partial charge in [-0.2, -0.15) is 5.53 Å². The lowest BCUT2D eigenvalue weighted by Crippen LogP contribution is -2.56. The van der Waals surface area contributed by atoms with Crippen molar-refractivity contribution >= 4 is 5.78 Å². The van der Waals surface area contributed by atoms with E-state index in [2.05, 4.69) is 29.8 Å². The maximum absolute atomic E-state index is 13.3. The summed E-state index contributed by atoms with van der Waals surface area (Å²) in [5.74, 6) is 4.85. The van der Waals surface area contributed by atoms with Crippen molar-refractivity contribution in [2.75, 3.05) is 33.4 Å². The number of hydrogen-bond donors (Lipinski definition) is 2. The van der Waals surface area contributed by atoms with Crippen LogP contribution < -0.4 is 11.0 Å². The SMILES string of the molecule is COC[C@]12CC[C@H](C)C[C@@H]1CC[C@@H]1C2CC[C@]2(C)[C@@H](C(=O)CN3CCNN3)CC[C@@H]12. The molecule has 0 radical (unpaired) electrons. The van der Waals surface area contributed by atoms with Gasteiger partial charge in [-0.05, 0) is 91.8 Å². The summed E-state index contributed by atoms with van der Waals surface area (Å²) < 4.78 is 5.92. The highest BCUT2D eigenvalue weighted by Crippen LogP contribution is 2.68. The van der Waals surface area contributed by atoms with Gasteiger partial charge in [0.15, 0.2) is 5.78 Å². The molecule has 8 atom stereocenters. The van der Waals surface area contributed by atoms with Crippen LogP contribution in [0.2, 0.25) is 0 Å². The molecule has 0 amide bonds. The molecule has 30 heavy (non-hydrogen) atoms. The molecule has 1 unspecified atom stereocenters. The number of nitrogens with one attached hydrogen (secondary N) is 2. The van der Waals surface area contributed by atoms with Crippen LogP contribution in [-0.4, -0.2) is 44.1 Å². The predicted molar refractivity (Wildman–Crippen MR) is 118 cm³/mol. The van der Waals surface area contributed by atoms with E-state index >= 15 is 0 Å². The van der Waals surface area contributed by atoms with Crippen molar-refractivity contribution in [2.45, 2.75) is 71.6 Å². The van der Waals surface area contributed by atoms with E-state index in [0.717, 1.165) is 55.7 Å². The molecule has 1 heterocycles. The number of hydrogen-bond acceptors (Lipinski definition) is 5. The number of carbonyl (C=O) groups is 1. The first kappa shape index (κ1) is 21.4. The summed E-state index contributed by atoms with van der Waals surface area (Å²) in [5, 5.41) is 2.06. The van der Waals surface area contributed by atoms with Gasteiger partial charge in [-0.15, -0.1) is 0 Å². The van der Waals surface area contributed by atoms with Crippen LogP contribution in [-0.2, 0) is 9.53 Å². The van der Waals surface area contributed by atoms with Crippen molar-refractivity contribution in [3.63, 3.8) is 0 Å². The Kier molecular flexibility index (Phi) is 5.79. The van der Waals surface area contributed by atoms with Crippen LogP contribution in [0.4, 0.5) is 0 Å². The van der Waals surface area contributed by atoms with Gasteiger partial charge in [-0.1, -0.05) is 20.3 Å².